The summed E-state index contributed by atoms with van der Waals surface area (Å²) < 4.78 is 5.42. The number of hydrogen-bond donors (Lipinski definition) is 2. The van der Waals surface area contributed by atoms with Gasteiger partial charge in [-0.1, -0.05) is 30.3 Å². The lowest BCUT2D eigenvalue weighted by atomic mass is 10.0. The van der Waals surface area contributed by atoms with Crippen molar-refractivity contribution in [1.29, 1.82) is 0 Å². The summed E-state index contributed by atoms with van der Waals surface area (Å²) in [6, 6.07) is 10.0. The van der Waals surface area contributed by atoms with Gasteiger partial charge in [-0.2, -0.15) is 5.10 Å². The fourth-order valence-electron chi connectivity index (χ4n) is 3.04. The molecular formula is C20H26N4O3. The van der Waals surface area contributed by atoms with Gasteiger partial charge in [0, 0.05) is 18.7 Å². The monoisotopic (exact) mass is 370 g/mol. The third kappa shape index (κ3) is 4.87. The van der Waals surface area contributed by atoms with E-state index in [-0.39, 0.29) is 12.0 Å². The van der Waals surface area contributed by atoms with Gasteiger partial charge in [-0.15, -0.1) is 0 Å². The predicted molar refractivity (Wildman–Crippen MR) is 101 cm³/mol. The van der Waals surface area contributed by atoms with Crippen LogP contribution in [0.1, 0.15) is 48.1 Å². The molecule has 2 heterocycles. The van der Waals surface area contributed by atoms with E-state index >= 15 is 0 Å². The van der Waals surface area contributed by atoms with Gasteiger partial charge in [0.25, 0.3) is 5.91 Å². The SMILES string of the molecule is CC(C)(C)OC(=O)N1CCc2c(C(=O)NCCc3ccccc3)n[nH]c2C1. The van der Waals surface area contributed by atoms with E-state index < -0.39 is 5.60 Å². The molecule has 2 amide bonds. The molecule has 7 heteroatoms. The highest BCUT2D eigenvalue weighted by Gasteiger charge is 2.29. The molecule has 1 aromatic carbocycles. The predicted octanol–water partition coefficient (Wildman–Crippen LogP) is 2.68. The van der Waals surface area contributed by atoms with Gasteiger partial charge in [0.15, 0.2) is 5.69 Å². The zero-order valence-electron chi connectivity index (χ0n) is 16.0. The minimum absolute atomic E-state index is 0.186. The third-order valence-corrected chi connectivity index (χ3v) is 4.34. The van der Waals surface area contributed by atoms with Crippen LogP contribution in [-0.4, -0.2) is 45.8 Å². The van der Waals surface area contributed by atoms with Gasteiger partial charge in [-0.25, -0.2) is 4.79 Å². The topological polar surface area (TPSA) is 87.3 Å². The molecule has 0 aliphatic carbocycles. The van der Waals surface area contributed by atoms with E-state index in [2.05, 4.69) is 15.5 Å². The van der Waals surface area contributed by atoms with E-state index in [1.807, 2.05) is 51.1 Å². The minimum atomic E-state index is -0.533. The number of benzene rings is 1. The average molecular weight is 370 g/mol. The second-order valence-corrected chi connectivity index (χ2v) is 7.67. The first-order chi connectivity index (χ1) is 12.8. The van der Waals surface area contributed by atoms with E-state index in [0.29, 0.717) is 31.7 Å². The zero-order valence-corrected chi connectivity index (χ0v) is 16.0. The van der Waals surface area contributed by atoms with Crippen molar-refractivity contribution >= 4 is 12.0 Å². The van der Waals surface area contributed by atoms with Gasteiger partial charge >= 0.3 is 6.09 Å². The third-order valence-electron chi connectivity index (χ3n) is 4.34. The molecule has 0 atom stereocenters. The Bertz CT molecular complexity index is 808. The molecule has 0 saturated carbocycles. The van der Waals surface area contributed by atoms with Crippen LogP contribution in [0.2, 0.25) is 0 Å². The van der Waals surface area contributed by atoms with Gasteiger partial charge in [-0.05, 0) is 39.2 Å². The average Bonchev–Trinajstić information content (AvgIpc) is 3.04. The van der Waals surface area contributed by atoms with Crippen molar-refractivity contribution < 1.29 is 14.3 Å². The van der Waals surface area contributed by atoms with Crippen molar-refractivity contribution in [2.75, 3.05) is 13.1 Å². The van der Waals surface area contributed by atoms with E-state index in [1.165, 1.54) is 5.56 Å². The maximum absolute atomic E-state index is 12.5. The minimum Gasteiger partial charge on any atom is -0.444 e. The van der Waals surface area contributed by atoms with Gasteiger partial charge < -0.3 is 15.0 Å². The molecular weight excluding hydrogens is 344 g/mol. The number of carbonyl (C=O) groups is 2. The fraction of sp³-hybridized carbons (Fsp3) is 0.450. The van der Waals surface area contributed by atoms with E-state index in [0.717, 1.165) is 17.7 Å². The summed E-state index contributed by atoms with van der Waals surface area (Å²) in [6.07, 6.45) is 0.995. The Hall–Kier alpha value is -2.83. The highest BCUT2D eigenvalue weighted by Crippen LogP contribution is 2.22. The largest absolute Gasteiger partial charge is 0.444 e. The first-order valence-corrected chi connectivity index (χ1v) is 9.19. The number of fused-ring (bicyclic) bond motifs is 1. The molecule has 27 heavy (non-hydrogen) atoms. The molecule has 3 rings (SSSR count). The summed E-state index contributed by atoms with van der Waals surface area (Å²) in [5, 5.41) is 10.0. The standard InChI is InChI=1S/C20H26N4O3/c1-20(2,3)27-19(26)24-12-10-15-16(13-24)22-23-17(15)18(25)21-11-9-14-7-5-4-6-8-14/h4-8H,9-13H2,1-3H3,(H,21,25)(H,22,23). The van der Waals surface area contributed by atoms with Crippen molar-refractivity contribution in [1.82, 2.24) is 20.4 Å². The van der Waals surface area contributed by atoms with Crippen LogP contribution < -0.4 is 5.32 Å². The molecule has 0 bridgehead atoms. The van der Waals surface area contributed by atoms with Crippen LogP contribution in [-0.2, 0) is 24.1 Å². The zero-order chi connectivity index (χ0) is 19.4. The Morgan fingerprint density at radius 3 is 2.70 bits per heavy atom. The molecule has 144 valence electrons. The van der Waals surface area contributed by atoms with Gasteiger partial charge in [0.05, 0.1) is 12.2 Å². The number of rotatable bonds is 4. The van der Waals surface area contributed by atoms with Gasteiger partial charge in [0.1, 0.15) is 5.60 Å². The van der Waals surface area contributed by atoms with E-state index in [9.17, 15) is 9.59 Å². The van der Waals surface area contributed by atoms with Crippen molar-refractivity contribution in [2.24, 2.45) is 0 Å². The molecule has 2 N–H and O–H groups in total. The fourth-order valence-corrected chi connectivity index (χ4v) is 3.04. The quantitative estimate of drug-likeness (QED) is 0.866. The number of amides is 2. The number of aromatic amines is 1. The van der Waals surface area contributed by atoms with Crippen LogP contribution in [0.15, 0.2) is 30.3 Å². The van der Waals surface area contributed by atoms with Crippen molar-refractivity contribution in [2.45, 2.75) is 45.8 Å². The maximum Gasteiger partial charge on any atom is 0.410 e. The summed E-state index contributed by atoms with van der Waals surface area (Å²) in [5.74, 6) is -0.186. The van der Waals surface area contributed by atoms with Crippen LogP contribution in [0.3, 0.4) is 0 Å². The number of hydrogen-bond acceptors (Lipinski definition) is 4. The molecule has 0 radical (unpaired) electrons. The van der Waals surface area contributed by atoms with Gasteiger partial charge in [0.2, 0.25) is 0 Å². The van der Waals surface area contributed by atoms with Crippen LogP contribution in [0.5, 0.6) is 0 Å². The smallest absolute Gasteiger partial charge is 0.410 e. The number of aromatic nitrogens is 2. The van der Waals surface area contributed by atoms with Crippen molar-refractivity contribution in [3.05, 3.63) is 52.8 Å². The lowest BCUT2D eigenvalue weighted by molar-refractivity contribution is 0.0221. The van der Waals surface area contributed by atoms with Crippen LogP contribution in [0.4, 0.5) is 4.79 Å². The van der Waals surface area contributed by atoms with Crippen LogP contribution in [0.25, 0.3) is 0 Å². The summed E-state index contributed by atoms with van der Waals surface area (Å²) in [4.78, 5) is 26.3. The summed E-state index contributed by atoms with van der Waals surface area (Å²) >= 11 is 0. The lowest BCUT2D eigenvalue weighted by Crippen LogP contribution is -2.40. The number of H-pyrrole nitrogens is 1. The molecule has 7 nitrogen and oxygen atoms in total. The number of ether oxygens (including phenoxy) is 1. The second-order valence-electron chi connectivity index (χ2n) is 7.67. The Labute approximate surface area is 159 Å². The Morgan fingerprint density at radius 1 is 1.26 bits per heavy atom. The maximum atomic E-state index is 12.5. The lowest BCUT2D eigenvalue weighted by Gasteiger charge is -2.29. The Kier molecular flexibility index (Phi) is 5.48. The highest BCUT2D eigenvalue weighted by molar-refractivity contribution is 5.94. The number of nitrogens with zero attached hydrogens (tertiary/aromatic N) is 2. The molecule has 1 aliphatic rings. The van der Waals surface area contributed by atoms with E-state index in [1.54, 1.807) is 4.90 Å². The molecule has 0 spiro atoms. The molecule has 0 saturated heterocycles. The van der Waals surface area contributed by atoms with Crippen LogP contribution in [0, 0.1) is 0 Å². The Balaban J connectivity index is 1.57. The number of nitrogens with one attached hydrogen (secondary N) is 2. The Morgan fingerprint density at radius 2 is 2.00 bits per heavy atom. The molecule has 0 fully saturated rings. The first kappa shape index (κ1) is 18.9. The second kappa shape index (κ2) is 7.82. The van der Waals surface area contributed by atoms with Crippen LogP contribution >= 0.6 is 0 Å². The highest BCUT2D eigenvalue weighted by atomic mass is 16.6. The summed E-state index contributed by atoms with van der Waals surface area (Å²) in [5.41, 5.74) is 2.74. The molecule has 1 aromatic heterocycles. The molecule has 2 aromatic rings. The van der Waals surface area contributed by atoms with Gasteiger partial charge in [-0.3, -0.25) is 9.89 Å². The van der Waals surface area contributed by atoms with Crippen molar-refractivity contribution in [3.8, 4) is 0 Å². The summed E-state index contributed by atoms with van der Waals surface area (Å²) in [6.45, 7) is 6.95. The number of carbonyl (C=O) groups excluding carboxylic acids is 2. The summed E-state index contributed by atoms with van der Waals surface area (Å²) in [7, 11) is 0. The normalized spacial score (nSPS) is 13.8. The molecule has 0 unspecified atom stereocenters. The van der Waals surface area contributed by atoms with E-state index in [4.69, 9.17) is 4.74 Å². The van der Waals surface area contributed by atoms with Crippen molar-refractivity contribution in [3.63, 3.8) is 0 Å². The molecule has 1 aliphatic heterocycles. The first-order valence-electron chi connectivity index (χ1n) is 9.19.